The standard InChI is InChI=1S/C27H28ClFN2OS/c1-15-5-8-20(13-23(15)29)19(12-18-6-7-18)9-10-24(30)27-31-26(17(3)33-27)21-11-16(2)25(32-4)14-22(21)28/h5,8,11,13-14,18-19,24H,6-7,12,30H2,1-4H3/t19-,24?/m0/s1. The maximum Gasteiger partial charge on any atom is 0.126 e. The minimum absolute atomic E-state index is 0.0298. The van der Waals surface area contributed by atoms with Gasteiger partial charge in [-0.3, -0.25) is 0 Å². The molecule has 3 aromatic rings. The fourth-order valence-electron chi connectivity index (χ4n) is 3.91. The first-order valence-corrected chi connectivity index (χ1v) is 12.3. The van der Waals surface area contributed by atoms with E-state index in [0.29, 0.717) is 16.5 Å². The highest BCUT2D eigenvalue weighted by Crippen LogP contribution is 2.39. The Hall–Kier alpha value is -2.39. The molecule has 1 fully saturated rings. The lowest BCUT2D eigenvalue weighted by Gasteiger charge is -2.12. The molecule has 0 spiro atoms. The van der Waals surface area contributed by atoms with Crippen molar-refractivity contribution in [1.82, 2.24) is 4.98 Å². The molecule has 2 atom stereocenters. The Labute approximate surface area is 204 Å². The van der Waals surface area contributed by atoms with E-state index in [-0.39, 0.29) is 11.7 Å². The highest BCUT2D eigenvalue weighted by atomic mass is 35.5. The molecular weight excluding hydrogens is 455 g/mol. The normalized spacial score (nSPS) is 15.0. The van der Waals surface area contributed by atoms with Gasteiger partial charge in [-0.25, -0.2) is 9.37 Å². The van der Waals surface area contributed by atoms with Crippen molar-refractivity contribution in [2.75, 3.05) is 7.11 Å². The van der Waals surface area contributed by atoms with Crippen molar-refractivity contribution in [1.29, 1.82) is 0 Å². The summed E-state index contributed by atoms with van der Waals surface area (Å²) in [5.41, 5.74) is 10.7. The number of hydrogen-bond acceptors (Lipinski definition) is 4. The molecule has 6 heteroatoms. The number of rotatable bonds is 6. The number of benzene rings is 2. The fraction of sp³-hybridized carbons (Fsp3) is 0.370. The molecule has 0 saturated heterocycles. The monoisotopic (exact) mass is 482 g/mol. The summed E-state index contributed by atoms with van der Waals surface area (Å²) >= 11 is 8.05. The summed E-state index contributed by atoms with van der Waals surface area (Å²) in [6.45, 7) is 5.76. The van der Waals surface area contributed by atoms with Gasteiger partial charge < -0.3 is 10.5 Å². The average Bonchev–Trinajstić information content (AvgIpc) is 3.53. The third-order valence-electron chi connectivity index (χ3n) is 6.10. The molecule has 1 saturated carbocycles. The van der Waals surface area contributed by atoms with Gasteiger partial charge in [-0.05, 0) is 68.0 Å². The molecule has 33 heavy (non-hydrogen) atoms. The van der Waals surface area contributed by atoms with E-state index < -0.39 is 6.04 Å². The molecule has 0 bridgehead atoms. The lowest BCUT2D eigenvalue weighted by atomic mass is 9.93. The Morgan fingerprint density at radius 2 is 1.94 bits per heavy atom. The summed E-state index contributed by atoms with van der Waals surface area (Å²) in [6.07, 6.45) is 3.37. The van der Waals surface area contributed by atoms with Crippen LogP contribution in [-0.2, 0) is 0 Å². The molecule has 2 N–H and O–H groups in total. The molecule has 172 valence electrons. The predicted molar refractivity (Wildman–Crippen MR) is 135 cm³/mol. The molecule has 3 nitrogen and oxygen atoms in total. The number of halogens is 2. The van der Waals surface area contributed by atoms with E-state index in [1.807, 2.05) is 38.1 Å². The van der Waals surface area contributed by atoms with E-state index in [1.54, 1.807) is 20.1 Å². The second kappa shape index (κ2) is 9.85. The molecule has 0 radical (unpaired) electrons. The highest BCUT2D eigenvalue weighted by Gasteiger charge is 2.26. The number of ether oxygens (including phenoxy) is 1. The zero-order valence-electron chi connectivity index (χ0n) is 19.3. The van der Waals surface area contributed by atoms with Crippen LogP contribution >= 0.6 is 22.9 Å². The van der Waals surface area contributed by atoms with E-state index in [9.17, 15) is 4.39 Å². The number of methoxy groups -OCH3 is 1. The van der Waals surface area contributed by atoms with Gasteiger partial charge >= 0.3 is 0 Å². The minimum Gasteiger partial charge on any atom is -0.496 e. The third-order valence-corrected chi connectivity index (χ3v) is 7.46. The van der Waals surface area contributed by atoms with E-state index in [1.165, 1.54) is 24.2 Å². The molecule has 1 aromatic heterocycles. The van der Waals surface area contributed by atoms with Gasteiger partial charge in [0, 0.05) is 16.4 Å². The van der Waals surface area contributed by atoms with Gasteiger partial charge in [0.25, 0.3) is 0 Å². The lowest BCUT2D eigenvalue weighted by Crippen LogP contribution is -2.08. The van der Waals surface area contributed by atoms with Crippen LogP contribution in [0.15, 0.2) is 30.3 Å². The van der Waals surface area contributed by atoms with Crippen molar-refractivity contribution in [2.45, 2.75) is 52.0 Å². The van der Waals surface area contributed by atoms with E-state index in [0.717, 1.165) is 44.4 Å². The van der Waals surface area contributed by atoms with E-state index in [2.05, 4.69) is 11.8 Å². The summed E-state index contributed by atoms with van der Waals surface area (Å²) < 4.78 is 19.5. The summed E-state index contributed by atoms with van der Waals surface area (Å²) in [5, 5.41) is 1.34. The molecule has 1 aliphatic rings. The maximum absolute atomic E-state index is 14.2. The summed E-state index contributed by atoms with van der Waals surface area (Å²) in [7, 11) is 1.63. The Morgan fingerprint density at radius 3 is 2.61 bits per heavy atom. The molecule has 0 aliphatic heterocycles. The number of aromatic nitrogens is 1. The molecule has 1 aliphatic carbocycles. The number of nitrogens with zero attached hydrogens (tertiary/aromatic N) is 1. The van der Waals surface area contributed by atoms with Gasteiger partial charge in [0.15, 0.2) is 0 Å². The molecule has 0 amide bonds. The summed E-state index contributed by atoms with van der Waals surface area (Å²) in [4.78, 5) is 5.82. The average molecular weight is 483 g/mol. The fourth-order valence-corrected chi connectivity index (χ4v) is 5.04. The topological polar surface area (TPSA) is 48.1 Å². The lowest BCUT2D eigenvalue weighted by molar-refractivity contribution is 0.412. The van der Waals surface area contributed by atoms with Crippen LogP contribution in [0.2, 0.25) is 5.02 Å². The highest BCUT2D eigenvalue weighted by molar-refractivity contribution is 7.12. The second-order valence-corrected chi connectivity index (χ2v) is 10.4. The van der Waals surface area contributed by atoms with Crippen LogP contribution in [0, 0.1) is 44.3 Å². The second-order valence-electron chi connectivity index (χ2n) is 8.77. The molecule has 2 aromatic carbocycles. The SMILES string of the molecule is COc1cc(Cl)c(-c2nc(C(N)C#C[C@@H](CC3CC3)c3ccc(C)c(F)c3)sc2C)cc1C. The van der Waals surface area contributed by atoms with Crippen LogP contribution in [0.25, 0.3) is 11.3 Å². The van der Waals surface area contributed by atoms with Gasteiger partial charge in [0.1, 0.15) is 22.6 Å². The number of thiazole rings is 1. The van der Waals surface area contributed by atoms with Crippen LogP contribution in [0.1, 0.15) is 57.8 Å². The van der Waals surface area contributed by atoms with Crippen molar-refractivity contribution < 1.29 is 9.13 Å². The van der Waals surface area contributed by atoms with Crippen molar-refractivity contribution in [2.24, 2.45) is 11.7 Å². The first-order valence-electron chi connectivity index (χ1n) is 11.1. The van der Waals surface area contributed by atoms with Crippen molar-refractivity contribution in [3.8, 4) is 28.8 Å². The summed E-state index contributed by atoms with van der Waals surface area (Å²) in [6, 6.07) is 8.70. The number of hydrogen-bond donors (Lipinski definition) is 1. The predicted octanol–water partition coefficient (Wildman–Crippen LogP) is 7.12. The van der Waals surface area contributed by atoms with Crippen LogP contribution in [0.3, 0.4) is 0 Å². The Morgan fingerprint density at radius 1 is 1.18 bits per heavy atom. The Kier molecular flexibility index (Phi) is 7.09. The molecule has 4 rings (SSSR count). The van der Waals surface area contributed by atoms with Crippen molar-refractivity contribution in [3.05, 3.63) is 67.7 Å². The maximum atomic E-state index is 14.2. The quantitative estimate of drug-likeness (QED) is 0.380. The largest absolute Gasteiger partial charge is 0.496 e. The van der Waals surface area contributed by atoms with Crippen LogP contribution in [0.5, 0.6) is 5.75 Å². The van der Waals surface area contributed by atoms with E-state index in [4.69, 9.17) is 27.1 Å². The smallest absolute Gasteiger partial charge is 0.126 e. The minimum atomic E-state index is -0.516. The molecular formula is C27H28ClFN2OS. The zero-order chi connectivity index (χ0) is 23.7. The van der Waals surface area contributed by atoms with Crippen molar-refractivity contribution >= 4 is 22.9 Å². The van der Waals surface area contributed by atoms with Gasteiger partial charge in [-0.2, -0.15) is 0 Å². The first-order chi connectivity index (χ1) is 15.8. The third kappa shape index (κ3) is 5.41. The molecule has 1 heterocycles. The van der Waals surface area contributed by atoms with Gasteiger partial charge in [-0.1, -0.05) is 48.4 Å². The number of aryl methyl sites for hydroxylation is 3. The Balaban J connectivity index is 1.61. The zero-order valence-corrected chi connectivity index (χ0v) is 20.9. The summed E-state index contributed by atoms with van der Waals surface area (Å²) in [5.74, 6) is 7.73. The Bertz CT molecular complexity index is 1240. The van der Waals surface area contributed by atoms with Gasteiger partial charge in [-0.15, -0.1) is 11.3 Å². The van der Waals surface area contributed by atoms with Gasteiger partial charge in [0.05, 0.1) is 17.8 Å². The van der Waals surface area contributed by atoms with Crippen LogP contribution < -0.4 is 10.5 Å². The van der Waals surface area contributed by atoms with E-state index >= 15 is 0 Å². The van der Waals surface area contributed by atoms with Crippen LogP contribution in [-0.4, -0.2) is 12.1 Å². The first kappa shape index (κ1) is 23.8. The van der Waals surface area contributed by atoms with Crippen molar-refractivity contribution in [3.63, 3.8) is 0 Å². The molecule has 1 unspecified atom stereocenters. The number of nitrogens with two attached hydrogens (primary N) is 1. The van der Waals surface area contributed by atoms with Gasteiger partial charge in [0.2, 0.25) is 0 Å². The van der Waals surface area contributed by atoms with Crippen LogP contribution in [0.4, 0.5) is 4.39 Å².